The maximum absolute atomic E-state index is 12.9. The van der Waals surface area contributed by atoms with Crippen molar-refractivity contribution in [1.29, 1.82) is 0 Å². The van der Waals surface area contributed by atoms with Gasteiger partial charge in [-0.25, -0.2) is 0 Å². The quantitative estimate of drug-likeness (QED) is 0.850. The first-order valence-corrected chi connectivity index (χ1v) is 9.84. The molecule has 0 spiro atoms. The Labute approximate surface area is 156 Å². The number of nitrogens with one attached hydrogen (secondary N) is 1. The lowest BCUT2D eigenvalue weighted by Crippen LogP contribution is -2.37. The normalized spacial score (nSPS) is 23.2. The van der Waals surface area contributed by atoms with Crippen molar-refractivity contribution in [3.05, 3.63) is 29.8 Å². The van der Waals surface area contributed by atoms with Crippen LogP contribution in [0.3, 0.4) is 0 Å². The number of nitrogens with zero attached hydrogens (tertiary/aromatic N) is 1. The molecule has 1 N–H and O–H groups in total. The number of benzene rings is 1. The van der Waals surface area contributed by atoms with E-state index in [1.165, 1.54) is 0 Å². The summed E-state index contributed by atoms with van der Waals surface area (Å²) in [5.74, 6) is 1.13. The second-order valence-corrected chi connectivity index (χ2v) is 7.50. The molecule has 5 heteroatoms. The fourth-order valence-corrected chi connectivity index (χ4v) is 4.25. The van der Waals surface area contributed by atoms with Crippen molar-refractivity contribution in [2.45, 2.75) is 44.9 Å². The first kappa shape index (κ1) is 18.7. The van der Waals surface area contributed by atoms with Crippen molar-refractivity contribution in [2.24, 2.45) is 11.8 Å². The Morgan fingerprint density at radius 2 is 1.85 bits per heavy atom. The first-order chi connectivity index (χ1) is 12.6. The Morgan fingerprint density at radius 3 is 2.46 bits per heavy atom. The molecular weight excluding hydrogens is 328 g/mol. The summed E-state index contributed by atoms with van der Waals surface area (Å²) in [7, 11) is 1.65. The van der Waals surface area contributed by atoms with Crippen LogP contribution in [0.5, 0.6) is 5.75 Å². The predicted octanol–water partition coefficient (Wildman–Crippen LogP) is 2.95. The molecule has 0 bridgehead atoms. The Morgan fingerprint density at radius 1 is 1.15 bits per heavy atom. The lowest BCUT2D eigenvalue weighted by atomic mass is 9.88. The van der Waals surface area contributed by atoms with Crippen molar-refractivity contribution in [1.82, 2.24) is 10.2 Å². The number of amides is 2. The largest absolute Gasteiger partial charge is 0.497 e. The van der Waals surface area contributed by atoms with Crippen LogP contribution in [0.1, 0.15) is 50.5 Å². The minimum atomic E-state index is -0.180. The van der Waals surface area contributed by atoms with Crippen molar-refractivity contribution in [2.75, 3.05) is 26.7 Å². The van der Waals surface area contributed by atoms with Crippen LogP contribution in [-0.2, 0) is 9.59 Å². The molecule has 1 heterocycles. The third-order valence-electron chi connectivity index (χ3n) is 5.77. The van der Waals surface area contributed by atoms with Crippen molar-refractivity contribution >= 4 is 11.8 Å². The molecule has 1 saturated carbocycles. The van der Waals surface area contributed by atoms with Gasteiger partial charge in [-0.3, -0.25) is 9.59 Å². The molecule has 142 valence electrons. The number of ether oxygens (including phenoxy) is 1. The second kappa shape index (κ2) is 8.56. The van der Waals surface area contributed by atoms with Gasteiger partial charge in [0.05, 0.1) is 13.0 Å². The number of likely N-dealkylation sites (tertiary alicyclic amines) is 1. The standard InChI is InChI=1S/C21H30N2O3/c1-3-12-22-20(24)19-14-23(21(25)16-6-4-5-7-16)13-18(19)15-8-10-17(26-2)11-9-15/h8-11,16,18-19H,3-7,12-14H2,1-2H3,(H,22,24)/t18-,19-/m1/s1. The van der Waals surface area contributed by atoms with E-state index < -0.39 is 0 Å². The Balaban J connectivity index is 1.77. The Hall–Kier alpha value is -2.04. The summed E-state index contributed by atoms with van der Waals surface area (Å²) in [5, 5.41) is 3.02. The van der Waals surface area contributed by atoms with Crippen LogP contribution < -0.4 is 10.1 Å². The van der Waals surface area contributed by atoms with E-state index in [2.05, 4.69) is 5.32 Å². The van der Waals surface area contributed by atoms with Gasteiger partial charge in [-0.1, -0.05) is 31.9 Å². The minimum Gasteiger partial charge on any atom is -0.497 e. The molecule has 0 unspecified atom stereocenters. The fraction of sp³-hybridized carbons (Fsp3) is 0.619. The highest BCUT2D eigenvalue weighted by molar-refractivity contribution is 5.84. The van der Waals surface area contributed by atoms with E-state index in [0.717, 1.165) is 43.4 Å². The van der Waals surface area contributed by atoms with Gasteiger partial charge in [-0.15, -0.1) is 0 Å². The number of hydrogen-bond acceptors (Lipinski definition) is 3. The molecule has 0 aromatic heterocycles. The lowest BCUT2D eigenvalue weighted by molar-refractivity contribution is -0.134. The summed E-state index contributed by atoms with van der Waals surface area (Å²) in [6.07, 6.45) is 5.19. The Kier molecular flexibility index (Phi) is 6.17. The van der Waals surface area contributed by atoms with Crippen LogP contribution in [0.25, 0.3) is 0 Å². The molecule has 1 saturated heterocycles. The van der Waals surface area contributed by atoms with Gasteiger partial charge in [0.25, 0.3) is 0 Å². The first-order valence-electron chi connectivity index (χ1n) is 9.84. The summed E-state index contributed by atoms with van der Waals surface area (Å²) in [5.41, 5.74) is 1.10. The maximum Gasteiger partial charge on any atom is 0.225 e. The van der Waals surface area contributed by atoms with E-state index in [0.29, 0.717) is 19.6 Å². The van der Waals surface area contributed by atoms with Gasteiger partial charge < -0.3 is 15.0 Å². The van der Waals surface area contributed by atoms with Gasteiger partial charge in [0.1, 0.15) is 5.75 Å². The van der Waals surface area contributed by atoms with E-state index >= 15 is 0 Å². The summed E-state index contributed by atoms with van der Waals surface area (Å²) >= 11 is 0. The smallest absolute Gasteiger partial charge is 0.225 e. The summed E-state index contributed by atoms with van der Waals surface area (Å²) in [4.78, 5) is 27.5. The zero-order valence-corrected chi connectivity index (χ0v) is 15.9. The number of methoxy groups -OCH3 is 1. The van der Waals surface area contributed by atoms with Crippen LogP contribution in [0.2, 0.25) is 0 Å². The van der Waals surface area contributed by atoms with Gasteiger partial charge in [-0.2, -0.15) is 0 Å². The molecule has 2 atom stereocenters. The highest BCUT2D eigenvalue weighted by Gasteiger charge is 2.42. The van der Waals surface area contributed by atoms with Crippen molar-refractivity contribution in [3.8, 4) is 5.75 Å². The molecule has 26 heavy (non-hydrogen) atoms. The highest BCUT2D eigenvalue weighted by atomic mass is 16.5. The topological polar surface area (TPSA) is 58.6 Å². The van der Waals surface area contributed by atoms with Crippen LogP contribution in [0.15, 0.2) is 24.3 Å². The van der Waals surface area contributed by atoms with Gasteiger partial charge in [0, 0.05) is 31.5 Å². The van der Waals surface area contributed by atoms with Gasteiger partial charge in [0.15, 0.2) is 0 Å². The van der Waals surface area contributed by atoms with Crippen molar-refractivity contribution < 1.29 is 14.3 Å². The SMILES string of the molecule is CCCNC(=O)[C@@H]1CN(C(=O)C2CCCC2)C[C@@H]1c1ccc(OC)cc1. The average molecular weight is 358 g/mol. The van der Waals surface area contributed by atoms with Crippen molar-refractivity contribution in [3.63, 3.8) is 0 Å². The van der Waals surface area contributed by atoms with Gasteiger partial charge in [0.2, 0.25) is 11.8 Å². The van der Waals surface area contributed by atoms with E-state index in [1.54, 1.807) is 7.11 Å². The molecule has 1 aromatic rings. The molecule has 1 aliphatic heterocycles. The predicted molar refractivity (Wildman–Crippen MR) is 101 cm³/mol. The number of rotatable bonds is 6. The second-order valence-electron chi connectivity index (χ2n) is 7.50. The summed E-state index contributed by atoms with van der Waals surface area (Å²) < 4.78 is 5.24. The number of carbonyl (C=O) groups excluding carboxylic acids is 2. The summed E-state index contributed by atoms with van der Waals surface area (Å²) in [6.45, 7) is 3.89. The molecular formula is C21H30N2O3. The van der Waals surface area contributed by atoms with Crippen LogP contribution in [-0.4, -0.2) is 43.5 Å². The van der Waals surface area contributed by atoms with Crippen LogP contribution in [0, 0.1) is 11.8 Å². The van der Waals surface area contributed by atoms with E-state index in [1.807, 2.05) is 36.1 Å². The van der Waals surface area contributed by atoms with E-state index in [4.69, 9.17) is 4.74 Å². The zero-order valence-electron chi connectivity index (χ0n) is 15.9. The molecule has 1 aromatic carbocycles. The third kappa shape index (κ3) is 4.02. The van der Waals surface area contributed by atoms with E-state index in [-0.39, 0.29) is 29.6 Å². The van der Waals surface area contributed by atoms with Crippen LogP contribution >= 0.6 is 0 Å². The fourth-order valence-electron chi connectivity index (χ4n) is 4.25. The van der Waals surface area contributed by atoms with Gasteiger partial charge in [-0.05, 0) is 37.0 Å². The maximum atomic E-state index is 12.9. The monoisotopic (exact) mass is 358 g/mol. The molecule has 3 rings (SSSR count). The highest BCUT2D eigenvalue weighted by Crippen LogP contribution is 2.36. The lowest BCUT2D eigenvalue weighted by Gasteiger charge is -2.20. The molecule has 2 aliphatic rings. The molecule has 2 fully saturated rings. The number of hydrogen-bond donors (Lipinski definition) is 1. The molecule has 0 radical (unpaired) electrons. The Bertz CT molecular complexity index is 623. The molecule has 5 nitrogen and oxygen atoms in total. The van der Waals surface area contributed by atoms with E-state index in [9.17, 15) is 9.59 Å². The third-order valence-corrected chi connectivity index (χ3v) is 5.77. The van der Waals surface area contributed by atoms with Gasteiger partial charge >= 0.3 is 0 Å². The average Bonchev–Trinajstić information content (AvgIpc) is 3.35. The minimum absolute atomic E-state index is 0.0446. The zero-order chi connectivity index (χ0) is 18.5. The molecule has 2 amide bonds. The van der Waals surface area contributed by atoms with Crippen LogP contribution in [0.4, 0.5) is 0 Å². The molecule has 1 aliphatic carbocycles. The summed E-state index contributed by atoms with van der Waals surface area (Å²) in [6, 6.07) is 7.90. The number of carbonyl (C=O) groups is 2.